The molecule has 200 valence electrons. The monoisotopic (exact) mass is 574 g/mol. The maximum atomic E-state index is 14.0. The average molecular weight is 574 g/mol. The lowest BCUT2D eigenvalue weighted by atomic mass is 9.91. The highest BCUT2D eigenvalue weighted by Crippen LogP contribution is 2.55. The Morgan fingerprint density at radius 2 is 1.16 bits per heavy atom. The van der Waals surface area contributed by atoms with Crippen molar-refractivity contribution in [2.45, 2.75) is 35.1 Å². The van der Waals surface area contributed by atoms with Gasteiger partial charge < -0.3 is 0 Å². The summed E-state index contributed by atoms with van der Waals surface area (Å²) >= 11 is -0.400. The average Bonchev–Trinajstić information content (AvgIpc) is 2.83. The van der Waals surface area contributed by atoms with Crippen molar-refractivity contribution in [2.24, 2.45) is 0 Å². The zero-order valence-electron chi connectivity index (χ0n) is 18.4. The molecular formula is C23H15F9O3S2. The van der Waals surface area contributed by atoms with Crippen molar-refractivity contribution in [3.63, 3.8) is 0 Å². The van der Waals surface area contributed by atoms with Crippen LogP contribution in [0.1, 0.15) is 5.56 Å². The number of alkyl halides is 9. The summed E-state index contributed by atoms with van der Waals surface area (Å²) in [6.07, 6.45) is -7.17. The summed E-state index contributed by atoms with van der Waals surface area (Å²) in [4.78, 5) is -0.205. The Balaban J connectivity index is 2.02. The van der Waals surface area contributed by atoms with Crippen molar-refractivity contribution < 1.29 is 51.6 Å². The van der Waals surface area contributed by atoms with Gasteiger partial charge in [-0.3, -0.25) is 0 Å². The number of hydrogen-bond acceptors (Lipinski definition) is 4. The van der Waals surface area contributed by atoms with Gasteiger partial charge in [0.1, 0.15) is 0 Å². The van der Waals surface area contributed by atoms with E-state index in [-0.39, 0.29) is 10.5 Å². The second-order valence-electron chi connectivity index (χ2n) is 7.61. The summed E-state index contributed by atoms with van der Waals surface area (Å²) in [7, 11) is -7.02. The van der Waals surface area contributed by atoms with Gasteiger partial charge in [-0.2, -0.15) is 51.6 Å². The second-order valence-corrected chi connectivity index (χ2v) is 10.2. The first-order chi connectivity index (χ1) is 17.0. The van der Waals surface area contributed by atoms with Gasteiger partial charge in [0.25, 0.3) is 0 Å². The van der Waals surface area contributed by atoms with E-state index in [0.717, 1.165) is 0 Å². The Bertz CT molecular complexity index is 1360. The minimum Gasteiger partial charge on any atom is -0.192 e. The normalized spacial score (nSPS) is 13.6. The Morgan fingerprint density at radius 1 is 0.676 bits per heavy atom. The molecule has 0 aliphatic rings. The summed E-state index contributed by atoms with van der Waals surface area (Å²) in [6, 6.07) is 19.8. The molecule has 3 aromatic rings. The molecule has 0 N–H and O–H groups in total. The molecule has 0 saturated carbocycles. The molecule has 3 nitrogen and oxygen atoms in total. The molecule has 0 unspecified atom stereocenters. The van der Waals surface area contributed by atoms with Crippen molar-refractivity contribution in [3.05, 3.63) is 78.4 Å². The van der Waals surface area contributed by atoms with E-state index in [1.807, 2.05) is 0 Å². The van der Waals surface area contributed by atoms with Crippen LogP contribution in [0.2, 0.25) is 0 Å². The highest BCUT2D eigenvalue weighted by Gasteiger charge is 2.86. The van der Waals surface area contributed by atoms with Gasteiger partial charge in [-0.15, -0.1) is 0 Å². The standard InChI is InChI=1S/C23H15F9O3S2/c1-14-18(36-35-37(33,34)23(31,32)21(26,27)20(24,25)22(28,29)30)13-12-17(15-8-4-2-5-9-15)19(14)16-10-6-3-7-11-16/h2-13H,1H3. The van der Waals surface area contributed by atoms with E-state index in [1.165, 1.54) is 19.1 Å². The van der Waals surface area contributed by atoms with Crippen LogP contribution in [0.15, 0.2) is 77.7 Å². The van der Waals surface area contributed by atoms with Crippen LogP contribution in [0.25, 0.3) is 22.3 Å². The van der Waals surface area contributed by atoms with Gasteiger partial charge in [-0.05, 0) is 40.8 Å². The van der Waals surface area contributed by atoms with Crippen LogP contribution in [0, 0.1) is 6.92 Å². The molecule has 0 radical (unpaired) electrons. The van der Waals surface area contributed by atoms with Crippen LogP contribution in [0.5, 0.6) is 0 Å². The lowest BCUT2D eigenvalue weighted by Gasteiger charge is -2.32. The second kappa shape index (κ2) is 9.87. The number of halogens is 9. The molecular weight excluding hydrogens is 559 g/mol. The van der Waals surface area contributed by atoms with Crippen molar-refractivity contribution in [3.8, 4) is 22.3 Å². The molecule has 0 heterocycles. The first kappa shape index (κ1) is 28.9. The van der Waals surface area contributed by atoms with Gasteiger partial charge in [0.15, 0.2) is 0 Å². The van der Waals surface area contributed by atoms with Crippen molar-refractivity contribution >= 4 is 22.2 Å². The third-order valence-corrected chi connectivity index (χ3v) is 7.70. The van der Waals surface area contributed by atoms with Crippen molar-refractivity contribution in [1.82, 2.24) is 0 Å². The minimum atomic E-state index is -7.38. The third-order valence-electron chi connectivity index (χ3n) is 5.21. The Labute approximate surface area is 209 Å². The Hall–Kier alpha value is -2.71. The first-order valence-corrected chi connectivity index (χ1v) is 12.2. The number of hydrogen-bond donors (Lipinski definition) is 0. The fraction of sp³-hybridized carbons (Fsp3) is 0.217. The molecule has 14 heteroatoms. The predicted molar refractivity (Wildman–Crippen MR) is 119 cm³/mol. The molecule has 0 spiro atoms. The van der Waals surface area contributed by atoms with Crippen LogP contribution < -0.4 is 0 Å². The lowest BCUT2D eigenvalue weighted by molar-refractivity contribution is -0.382. The van der Waals surface area contributed by atoms with Crippen molar-refractivity contribution in [2.75, 3.05) is 0 Å². The maximum absolute atomic E-state index is 14.0. The van der Waals surface area contributed by atoms with Crippen LogP contribution in [0.3, 0.4) is 0 Å². The maximum Gasteiger partial charge on any atom is 0.460 e. The van der Waals surface area contributed by atoms with Gasteiger partial charge in [0.2, 0.25) is 0 Å². The van der Waals surface area contributed by atoms with E-state index >= 15 is 0 Å². The fourth-order valence-corrected chi connectivity index (χ4v) is 5.05. The third kappa shape index (κ3) is 5.06. The van der Waals surface area contributed by atoms with E-state index in [1.54, 1.807) is 60.7 Å². The van der Waals surface area contributed by atoms with Gasteiger partial charge >= 0.3 is 33.4 Å². The van der Waals surface area contributed by atoms with Gasteiger partial charge in [0.05, 0.1) is 12.0 Å². The smallest absolute Gasteiger partial charge is 0.192 e. The van der Waals surface area contributed by atoms with Crippen molar-refractivity contribution in [1.29, 1.82) is 0 Å². The first-order valence-electron chi connectivity index (χ1n) is 10.0. The highest BCUT2D eigenvalue weighted by molar-refractivity contribution is 8.04. The molecule has 0 bridgehead atoms. The van der Waals surface area contributed by atoms with Gasteiger partial charge in [0, 0.05) is 4.90 Å². The molecule has 0 aliphatic heterocycles. The molecule has 0 atom stereocenters. The fourth-order valence-electron chi connectivity index (χ4n) is 3.26. The number of benzene rings is 3. The predicted octanol–water partition coefficient (Wildman–Crippen LogP) is 8.11. The highest BCUT2D eigenvalue weighted by atomic mass is 32.3. The van der Waals surface area contributed by atoms with Crippen LogP contribution in [-0.2, 0) is 13.7 Å². The molecule has 0 aromatic heterocycles. The zero-order valence-corrected chi connectivity index (χ0v) is 20.0. The van der Waals surface area contributed by atoms with E-state index < -0.39 is 45.4 Å². The lowest BCUT2D eigenvalue weighted by Crippen LogP contribution is -2.63. The molecule has 37 heavy (non-hydrogen) atoms. The summed E-state index contributed by atoms with van der Waals surface area (Å²) < 4.78 is 146. The number of rotatable bonds is 8. The summed E-state index contributed by atoms with van der Waals surface area (Å²) in [5, 5.41) is -6.94. The largest absolute Gasteiger partial charge is 0.460 e. The Kier molecular flexibility index (Phi) is 7.70. The van der Waals surface area contributed by atoms with E-state index in [4.69, 9.17) is 0 Å². The van der Waals surface area contributed by atoms with Crippen LogP contribution in [-0.4, -0.2) is 31.7 Å². The topological polar surface area (TPSA) is 43.4 Å². The Morgan fingerprint density at radius 3 is 1.65 bits per heavy atom. The SMILES string of the molecule is Cc1c(SOS(=O)(=O)C(F)(F)C(F)(F)C(F)(F)C(F)(F)F)ccc(-c2ccccc2)c1-c1ccccc1. The molecule has 0 saturated heterocycles. The summed E-state index contributed by atoms with van der Waals surface area (Å²) in [6.45, 7) is 1.43. The van der Waals surface area contributed by atoms with Crippen LogP contribution in [0.4, 0.5) is 39.5 Å². The van der Waals surface area contributed by atoms with Gasteiger partial charge in [-0.25, -0.2) is 0 Å². The molecule has 0 aliphatic carbocycles. The molecule has 0 amide bonds. The minimum absolute atomic E-state index is 0.205. The van der Waals surface area contributed by atoms with Crippen LogP contribution >= 0.6 is 12.0 Å². The van der Waals surface area contributed by atoms with E-state index in [0.29, 0.717) is 22.3 Å². The summed E-state index contributed by atoms with van der Waals surface area (Å²) in [5.41, 5.74) is 2.60. The zero-order chi connectivity index (χ0) is 27.9. The molecule has 3 rings (SSSR count). The van der Waals surface area contributed by atoms with E-state index in [9.17, 15) is 47.9 Å². The van der Waals surface area contributed by atoms with Gasteiger partial charge in [-0.1, -0.05) is 66.7 Å². The quantitative estimate of drug-likeness (QED) is 0.201. The van der Waals surface area contributed by atoms with E-state index in [2.05, 4.69) is 3.63 Å². The molecule has 3 aromatic carbocycles. The molecule has 0 fully saturated rings. The summed E-state index contributed by atoms with van der Waals surface area (Å²) in [5.74, 6) is -14.8.